The lowest BCUT2D eigenvalue weighted by molar-refractivity contribution is 0.649. The molecule has 2 aromatic carbocycles. The number of nitrogens with zero attached hydrogens (tertiary/aromatic N) is 5. The van der Waals surface area contributed by atoms with Crippen molar-refractivity contribution in [2.45, 2.75) is 32.5 Å². The minimum Gasteiger partial charge on any atom is -0.369 e. The molecule has 1 unspecified atom stereocenters. The van der Waals surface area contributed by atoms with Crippen LogP contribution in [0.4, 0.5) is 5.69 Å². The van der Waals surface area contributed by atoms with Gasteiger partial charge in [0.2, 0.25) is 0 Å². The van der Waals surface area contributed by atoms with Gasteiger partial charge in [-0.1, -0.05) is 41.9 Å². The van der Waals surface area contributed by atoms with E-state index in [0.29, 0.717) is 19.1 Å². The fourth-order valence-corrected chi connectivity index (χ4v) is 3.98. The lowest BCUT2D eigenvalue weighted by atomic mass is 10.1. The summed E-state index contributed by atoms with van der Waals surface area (Å²) in [5.41, 5.74) is 3.52. The van der Waals surface area contributed by atoms with E-state index in [0.717, 1.165) is 37.0 Å². The van der Waals surface area contributed by atoms with Gasteiger partial charge < -0.3 is 15.5 Å². The minimum atomic E-state index is 0.343. The summed E-state index contributed by atoms with van der Waals surface area (Å²) >= 11 is 6.16. The predicted octanol–water partition coefficient (Wildman–Crippen LogP) is 3.31. The fourth-order valence-electron chi connectivity index (χ4n) is 3.80. The average Bonchev–Trinajstić information content (AvgIpc) is 3.45. The lowest BCUT2D eigenvalue weighted by Crippen LogP contribution is -2.44. The molecule has 3 aromatic rings. The summed E-state index contributed by atoms with van der Waals surface area (Å²) in [6, 6.07) is 16.8. The molecule has 0 radical (unpaired) electrons. The molecule has 0 aliphatic carbocycles. The monoisotopic (exact) mass is 437 g/mol. The molecule has 4 rings (SSSR count). The van der Waals surface area contributed by atoms with Crippen molar-refractivity contribution in [1.29, 1.82) is 0 Å². The van der Waals surface area contributed by atoms with E-state index < -0.39 is 0 Å². The molecule has 0 saturated carbocycles. The molecule has 31 heavy (non-hydrogen) atoms. The van der Waals surface area contributed by atoms with Crippen molar-refractivity contribution < 1.29 is 0 Å². The van der Waals surface area contributed by atoms with Crippen LogP contribution in [0.3, 0.4) is 0 Å². The van der Waals surface area contributed by atoms with E-state index in [1.165, 1.54) is 16.8 Å². The standard InChI is InChI=1S/C23H28ClN7/c1-2-26-23(29-21-9-10-30(15-21)22-8-4-7-20(24)12-22)27-13-18-5-3-6-19(11-18)14-31-17-25-16-28-31/h3-8,11-12,16-17,21H,2,9-10,13-15H2,1H3,(H2,26,27,29). The Kier molecular flexibility index (Phi) is 7.04. The molecule has 162 valence electrons. The van der Waals surface area contributed by atoms with E-state index in [1.807, 2.05) is 22.9 Å². The van der Waals surface area contributed by atoms with Gasteiger partial charge in [0.15, 0.2) is 5.96 Å². The highest BCUT2D eigenvalue weighted by Gasteiger charge is 2.23. The molecular weight excluding hydrogens is 410 g/mol. The van der Waals surface area contributed by atoms with Gasteiger partial charge in [0.1, 0.15) is 12.7 Å². The normalized spacial score (nSPS) is 16.5. The number of halogens is 1. The minimum absolute atomic E-state index is 0.343. The number of guanidine groups is 1. The molecule has 2 heterocycles. The summed E-state index contributed by atoms with van der Waals surface area (Å²) in [7, 11) is 0. The van der Waals surface area contributed by atoms with Crippen molar-refractivity contribution in [3.05, 3.63) is 77.3 Å². The smallest absolute Gasteiger partial charge is 0.191 e. The van der Waals surface area contributed by atoms with Crippen LogP contribution in [0.1, 0.15) is 24.5 Å². The average molecular weight is 438 g/mol. The highest BCUT2D eigenvalue weighted by molar-refractivity contribution is 6.30. The maximum absolute atomic E-state index is 6.16. The first kappa shape index (κ1) is 21.2. The Morgan fingerprint density at radius 1 is 1.19 bits per heavy atom. The van der Waals surface area contributed by atoms with E-state index in [9.17, 15) is 0 Å². The number of benzene rings is 2. The van der Waals surface area contributed by atoms with Gasteiger partial charge in [-0.2, -0.15) is 5.10 Å². The molecule has 1 aromatic heterocycles. The van der Waals surface area contributed by atoms with Crippen molar-refractivity contribution in [2.24, 2.45) is 4.99 Å². The Morgan fingerprint density at radius 2 is 2.06 bits per heavy atom. The van der Waals surface area contributed by atoms with Crippen LogP contribution in [0.5, 0.6) is 0 Å². The Morgan fingerprint density at radius 3 is 2.87 bits per heavy atom. The summed E-state index contributed by atoms with van der Waals surface area (Å²) in [5.74, 6) is 0.849. The number of aromatic nitrogens is 3. The summed E-state index contributed by atoms with van der Waals surface area (Å²) in [4.78, 5) is 11.2. The molecule has 0 amide bonds. The quantitative estimate of drug-likeness (QED) is 0.438. The van der Waals surface area contributed by atoms with Crippen LogP contribution < -0.4 is 15.5 Å². The van der Waals surface area contributed by atoms with E-state index in [-0.39, 0.29) is 0 Å². The number of aliphatic imine (C=N–C) groups is 1. The molecule has 1 fully saturated rings. The Bertz CT molecular complexity index is 1000. The second kappa shape index (κ2) is 10.3. The molecule has 8 heteroatoms. The van der Waals surface area contributed by atoms with Gasteiger partial charge >= 0.3 is 0 Å². The second-order valence-corrected chi connectivity index (χ2v) is 8.10. The van der Waals surface area contributed by atoms with Crippen LogP contribution in [-0.4, -0.2) is 46.4 Å². The van der Waals surface area contributed by atoms with Gasteiger partial charge in [-0.15, -0.1) is 0 Å². The zero-order chi connectivity index (χ0) is 21.5. The molecule has 1 saturated heterocycles. The summed E-state index contributed by atoms with van der Waals surface area (Å²) in [6.07, 6.45) is 4.34. The van der Waals surface area contributed by atoms with E-state index in [2.05, 4.69) is 62.9 Å². The highest BCUT2D eigenvalue weighted by Crippen LogP contribution is 2.23. The zero-order valence-electron chi connectivity index (χ0n) is 17.7. The summed E-state index contributed by atoms with van der Waals surface area (Å²) < 4.78 is 1.82. The third-order valence-corrected chi connectivity index (χ3v) is 5.50. The lowest BCUT2D eigenvalue weighted by Gasteiger charge is -2.20. The van der Waals surface area contributed by atoms with Crippen molar-refractivity contribution in [1.82, 2.24) is 25.4 Å². The number of rotatable bonds is 7. The second-order valence-electron chi connectivity index (χ2n) is 7.66. The molecule has 1 atom stereocenters. The van der Waals surface area contributed by atoms with Crippen molar-refractivity contribution in [2.75, 3.05) is 24.5 Å². The summed E-state index contributed by atoms with van der Waals surface area (Å²) in [6.45, 7) is 6.16. The van der Waals surface area contributed by atoms with Gasteiger partial charge in [0.05, 0.1) is 13.1 Å². The van der Waals surface area contributed by atoms with Crippen LogP contribution in [0.15, 0.2) is 66.2 Å². The van der Waals surface area contributed by atoms with Crippen LogP contribution in [0.25, 0.3) is 0 Å². The first-order chi connectivity index (χ1) is 15.2. The number of nitrogens with one attached hydrogen (secondary N) is 2. The first-order valence-corrected chi connectivity index (χ1v) is 11.0. The van der Waals surface area contributed by atoms with Gasteiger partial charge in [-0.25, -0.2) is 14.7 Å². The third-order valence-electron chi connectivity index (χ3n) is 5.27. The third kappa shape index (κ3) is 5.98. The van der Waals surface area contributed by atoms with Gasteiger partial charge in [-0.05, 0) is 42.7 Å². The van der Waals surface area contributed by atoms with E-state index >= 15 is 0 Å². The number of anilines is 1. The van der Waals surface area contributed by atoms with Crippen molar-refractivity contribution in [3.63, 3.8) is 0 Å². The molecule has 1 aliphatic rings. The van der Waals surface area contributed by atoms with Crippen LogP contribution in [-0.2, 0) is 13.1 Å². The van der Waals surface area contributed by atoms with Gasteiger partial charge in [0.25, 0.3) is 0 Å². The number of hydrogen-bond acceptors (Lipinski definition) is 4. The highest BCUT2D eigenvalue weighted by atomic mass is 35.5. The van der Waals surface area contributed by atoms with Crippen LogP contribution >= 0.6 is 11.6 Å². The maximum atomic E-state index is 6.16. The van der Waals surface area contributed by atoms with Crippen LogP contribution in [0.2, 0.25) is 5.02 Å². The number of hydrogen-bond donors (Lipinski definition) is 2. The largest absolute Gasteiger partial charge is 0.369 e. The Hall–Kier alpha value is -3.06. The van der Waals surface area contributed by atoms with E-state index in [1.54, 1.807) is 12.7 Å². The van der Waals surface area contributed by atoms with Crippen molar-refractivity contribution >= 4 is 23.2 Å². The molecule has 0 spiro atoms. The molecule has 0 bridgehead atoms. The molecule has 7 nitrogen and oxygen atoms in total. The van der Waals surface area contributed by atoms with Crippen molar-refractivity contribution in [3.8, 4) is 0 Å². The fraction of sp³-hybridized carbons (Fsp3) is 0.348. The SMILES string of the molecule is CCNC(=NCc1cccc(Cn2cncn2)c1)NC1CCN(c2cccc(Cl)c2)C1. The topological polar surface area (TPSA) is 70.4 Å². The Balaban J connectivity index is 1.36. The molecule has 2 N–H and O–H groups in total. The molecule has 1 aliphatic heterocycles. The summed E-state index contributed by atoms with van der Waals surface area (Å²) in [5, 5.41) is 11.9. The molecular formula is C23H28ClN7. The van der Waals surface area contributed by atoms with Gasteiger partial charge in [0, 0.05) is 36.4 Å². The van der Waals surface area contributed by atoms with E-state index in [4.69, 9.17) is 16.6 Å². The van der Waals surface area contributed by atoms with Crippen LogP contribution in [0, 0.1) is 0 Å². The first-order valence-electron chi connectivity index (χ1n) is 10.6. The maximum Gasteiger partial charge on any atom is 0.191 e. The Labute approximate surface area is 188 Å². The zero-order valence-corrected chi connectivity index (χ0v) is 18.5. The predicted molar refractivity (Wildman–Crippen MR) is 126 cm³/mol. The van der Waals surface area contributed by atoms with Gasteiger partial charge in [-0.3, -0.25) is 0 Å².